The molecule has 4 bridgehead atoms. The van der Waals surface area contributed by atoms with E-state index in [0.717, 1.165) is 19.3 Å². The van der Waals surface area contributed by atoms with Gasteiger partial charge in [0, 0.05) is 0 Å². The van der Waals surface area contributed by atoms with Crippen LogP contribution in [0.3, 0.4) is 0 Å². The van der Waals surface area contributed by atoms with E-state index < -0.39 is 23.5 Å². The van der Waals surface area contributed by atoms with E-state index in [2.05, 4.69) is 0 Å². The van der Waals surface area contributed by atoms with E-state index in [1.807, 2.05) is 0 Å². The molecule has 96 valence electrons. The number of hydrogen-bond acceptors (Lipinski definition) is 2. The molecule has 4 aliphatic rings. The van der Waals surface area contributed by atoms with E-state index in [1.165, 1.54) is 0 Å². The van der Waals surface area contributed by atoms with Gasteiger partial charge in [0.1, 0.15) is 0 Å². The Bertz CT molecular complexity index is 349. The monoisotopic (exact) mass is 248 g/mol. The average molecular weight is 248 g/mol. The summed E-state index contributed by atoms with van der Waals surface area (Å²) in [6.45, 7) is 0. The first-order valence-electron chi connectivity index (χ1n) is 6.12. The van der Waals surface area contributed by atoms with Crippen LogP contribution < -0.4 is 0 Å². The van der Waals surface area contributed by atoms with Crippen molar-refractivity contribution >= 4 is 5.78 Å². The lowest BCUT2D eigenvalue weighted by atomic mass is 9.47. The van der Waals surface area contributed by atoms with Crippen molar-refractivity contribution in [3.05, 3.63) is 0 Å². The zero-order valence-electron chi connectivity index (χ0n) is 9.33. The summed E-state index contributed by atoms with van der Waals surface area (Å²) < 4.78 is 38.0. The summed E-state index contributed by atoms with van der Waals surface area (Å²) in [7, 11) is 0. The number of Topliss-reactive ketones (excluding diaryl/α,β-unsaturated/α-hetero) is 1. The Morgan fingerprint density at radius 2 is 1.65 bits per heavy atom. The third kappa shape index (κ3) is 1.47. The molecule has 1 N–H and O–H groups in total. The van der Waals surface area contributed by atoms with Crippen LogP contribution in [0.2, 0.25) is 0 Å². The van der Waals surface area contributed by atoms with Crippen LogP contribution in [-0.2, 0) is 4.79 Å². The summed E-state index contributed by atoms with van der Waals surface area (Å²) in [5, 5.41) is 10.1. The van der Waals surface area contributed by atoms with E-state index >= 15 is 0 Å². The quantitative estimate of drug-likeness (QED) is 0.773. The summed E-state index contributed by atoms with van der Waals surface area (Å²) in [6.07, 6.45) is -2.89. The summed E-state index contributed by atoms with van der Waals surface area (Å²) in [5.41, 5.74) is -1.51. The standard InChI is InChI=1S/C12H15F3O2/c13-12(14,15)10(17)11-4-6-1-7(5-11)3-8(2-6)9(11)16/h6-9,16H,1-5H2. The molecule has 4 aliphatic carbocycles. The molecule has 4 fully saturated rings. The highest BCUT2D eigenvalue weighted by Crippen LogP contribution is 2.61. The number of aliphatic hydroxyl groups excluding tert-OH is 1. The zero-order chi connectivity index (χ0) is 12.4. The molecule has 5 heteroatoms. The maximum absolute atomic E-state index is 12.7. The van der Waals surface area contributed by atoms with Crippen molar-refractivity contribution in [3.8, 4) is 0 Å². The van der Waals surface area contributed by atoms with Gasteiger partial charge in [-0.05, 0) is 49.9 Å². The highest BCUT2D eigenvalue weighted by molar-refractivity contribution is 5.90. The van der Waals surface area contributed by atoms with Gasteiger partial charge in [0.05, 0.1) is 11.5 Å². The van der Waals surface area contributed by atoms with Gasteiger partial charge in [0.25, 0.3) is 0 Å². The Balaban J connectivity index is 1.98. The largest absolute Gasteiger partial charge is 0.450 e. The molecule has 17 heavy (non-hydrogen) atoms. The first kappa shape index (κ1) is 11.5. The molecule has 0 aromatic carbocycles. The molecule has 0 saturated heterocycles. The van der Waals surface area contributed by atoms with E-state index in [1.54, 1.807) is 0 Å². The minimum absolute atomic E-state index is 0.0902. The molecule has 4 rings (SSSR count). The summed E-state index contributed by atoms with van der Waals surface area (Å²) in [4.78, 5) is 11.6. The molecular weight excluding hydrogens is 233 g/mol. The molecule has 4 saturated carbocycles. The topological polar surface area (TPSA) is 37.3 Å². The highest BCUT2D eigenvalue weighted by Gasteiger charge is 2.65. The molecule has 0 heterocycles. The minimum atomic E-state index is -4.81. The van der Waals surface area contributed by atoms with Gasteiger partial charge in [-0.1, -0.05) is 0 Å². The van der Waals surface area contributed by atoms with Crippen molar-refractivity contribution in [2.24, 2.45) is 23.2 Å². The second-order valence-electron chi connectivity index (χ2n) is 6.04. The molecule has 0 radical (unpaired) electrons. The maximum Gasteiger partial charge on any atom is 0.450 e. The molecule has 3 unspecified atom stereocenters. The van der Waals surface area contributed by atoms with E-state index in [4.69, 9.17) is 0 Å². The van der Waals surface area contributed by atoms with Crippen molar-refractivity contribution in [1.82, 2.24) is 0 Å². The molecule has 0 aliphatic heterocycles. The van der Waals surface area contributed by atoms with Crippen molar-refractivity contribution in [1.29, 1.82) is 0 Å². The van der Waals surface area contributed by atoms with Crippen LogP contribution in [0.15, 0.2) is 0 Å². The second-order valence-corrected chi connectivity index (χ2v) is 6.04. The maximum atomic E-state index is 12.7. The van der Waals surface area contributed by atoms with Crippen LogP contribution in [0.1, 0.15) is 32.1 Å². The first-order valence-corrected chi connectivity index (χ1v) is 6.12. The van der Waals surface area contributed by atoms with Crippen LogP contribution in [-0.4, -0.2) is 23.2 Å². The lowest BCUT2D eigenvalue weighted by Gasteiger charge is -2.58. The Labute approximate surface area is 97.2 Å². The van der Waals surface area contributed by atoms with Gasteiger partial charge in [0.15, 0.2) is 0 Å². The van der Waals surface area contributed by atoms with Crippen molar-refractivity contribution in [2.45, 2.75) is 44.4 Å². The number of halogens is 3. The fourth-order valence-corrected chi connectivity index (χ4v) is 4.62. The predicted molar refractivity (Wildman–Crippen MR) is 53.1 cm³/mol. The summed E-state index contributed by atoms with van der Waals surface area (Å²) >= 11 is 0. The third-order valence-electron chi connectivity index (χ3n) is 4.97. The van der Waals surface area contributed by atoms with E-state index in [0.29, 0.717) is 0 Å². The zero-order valence-corrected chi connectivity index (χ0v) is 9.33. The fourth-order valence-electron chi connectivity index (χ4n) is 4.62. The SMILES string of the molecule is O=C(C(F)(F)F)C12CC3CC(CC(C3)C1O)C2. The molecule has 0 aromatic heterocycles. The highest BCUT2D eigenvalue weighted by atomic mass is 19.4. The Morgan fingerprint density at radius 1 is 1.12 bits per heavy atom. The van der Waals surface area contributed by atoms with Crippen LogP contribution in [0, 0.1) is 23.2 Å². The van der Waals surface area contributed by atoms with Gasteiger partial charge in [0.2, 0.25) is 5.78 Å². The van der Waals surface area contributed by atoms with E-state index in [9.17, 15) is 23.1 Å². The number of hydrogen-bond donors (Lipinski definition) is 1. The average Bonchev–Trinajstić information content (AvgIpc) is 2.22. The third-order valence-corrected chi connectivity index (χ3v) is 4.97. The number of aliphatic hydroxyl groups is 1. The lowest BCUT2D eigenvalue weighted by molar-refractivity contribution is -0.213. The number of ketones is 1. The van der Waals surface area contributed by atoms with Crippen LogP contribution in [0.5, 0.6) is 0 Å². The summed E-state index contributed by atoms with van der Waals surface area (Å²) in [5.74, 6) is -1.35. The van der Waals surface area contributed by atoms with Gasteiger partial charge in [-0.3, -0.25) is 4.79 Å². The molecular formula is C12H15F3O2. The molecule has 2 nitrogen and oxygen atoms in total. The predicted octanol–water partition coefficient (Wildman–Crippen LogP) is 2.31. The van der Waals surface area contributed by atoms with Crippen molar-refractivity contribution < 1.29 is 23.1 Å². The summed E-state index contributed by atoms with van der Waals surface area (Å²) in [6, 6.07) is 0. The Kier molecular flexibility index (Phi) is 2.20. The van der Waals surface area contributed by atoms with Gasteiger partial charge < -0.3 is 5.11 Å². The van der Waals surface area contributed by atoms with Gasteiger partial charge in [-0.25, -0.2) is 0 Å². The molecule has 0 spiro atoms. The second kappa shape index (κ2) is 3.25. The van der Waals surface area contributed by atoms with Gasteiger partial charge >= 0.3 is 6.18 Å². The van der Waals surface area contributed by atoms with Gasteiger partial charge in [-0.15, -0.1) is 0 Å². The number of alkyl halides is 3. The lowest BCUT2D eigenvalue weighted by Crippen LogP contribution is -2.61. The van der Waals surface area contributed by atoms with Crippen molar-refractivity contribution in [3.63, 3.8) is 0 Å². The van der Waals surface area contributed by atoms with Crippen LogP contribution in [0.4, 0.5) is 13.2 Å². The fraction of sp³-hybridized carbons (Fsp3) is 0.917. The van der Waals surface area contributed by atoms with Crippen LogP contribution >= 0.6 is 0 Å². The number of carbonyl (C=O) groups is 1. The molecule has 3 atom stereocenters. The smallest absolute Gasteiger partial charge is 0.392 e. The number of rotatable bonds is 1. The van der Waals surface area contributed by atoms with E-state index in [-0.39, 0.29) is 30.6 Å². The van der Waals surface area contributed by atoms with Crippen LogP contribution in [0.25, 0.3) is 0 Å². The minimum Gasteiger partial charge on any atom is -0.392 e. The molecule has 0 aromatic rings. The Morgan fingerprint density at radius 3 is 2.12 bits per heavy atom. The molecule has 0 amide bonds. The normalized spacial score (nSPS) is 48.5. The van der Waals surface area contributed by atoms with Gasteiger partial charge in [-0.2, -0.15) is 13.2 Å². The van der Waals surface area contributed by atoms with Crippen molar-refractivity contribution in [2.75, 3.05) is 0 Å². The Hall–Kier alpha value is -0.580. The number of carbonyl (C=O) groups excluding carboxylic acids is 1. The first-order chi connectivity index (χ1) is 7.83.